The maximum absolute atomic E-state index is 11.2. The van der Waals surface area contributed by atoms with Gasteiger partial charge in [0.15, 0.2) is 0 Å². The second-order valence-corrected chi connectivity index (χ2v) is 5.48. The van der Waals surface area contributed by atoms with Gasteiger partial charge in [0.05, 0.1) is 18.3 Å². The molecule has 3 N–H and O–H groups in total. The molecular weight excluding hydrogens is 308 g/mol. The van der Waals surface area contributed by atoms with E-state index in [0.717, 1.165) is 35.1 Å². The lowest BCUT2D eigenvalue weighted by molar-refractivity contribution is -0.116. The number of aliphatic hydroxyl groups is 1. The molecule has 0 aromatic heterocycles. The molecule has 106 valence electrons. The minimum absolute atomic E-state index is 0.201. The normalized spacial score (nSPS) is 12.2. The van der Waals surface area contributed by atoms with Gasteiger partial charge < -0.3 is 15.7 Å². The van der Waals surface area contributed by atoms with Crippen molar-refractivity contribution < 1.29 is 9.90 Å². The molecule has 0 heterocycles. The van der Waals surface area contributed by atoms with Gasteiger partial charge in [-0.2, -0.15) is 0 Å². The van der Waals surface area contributed by atoms with E-state index >= 15 is 0 Å². The van der Waals surface area contributed by atoms with Gasteiger partial charge in [-0.3, -0.25) is 4.79 Å². The van der Waals surface area contributed by atoms with E-state index in [0.29, 0.717) is 0 Å². The van der Waals surface area contributed by atoms with Crippen LogP contribution in [0.15, 0.2) is 22.7 Å². The van der Waals surface area contributed by atoms with Gasteiger partial charge in [-0.1, -0.05) is 19.4 Å². The van der Waals surface area contributed by atoms with Crippen LogP contribution >= 0.6 is 15.9 Å². The second kappa shape index (κ2) is 7.50. The van der Waals surface area contributed by atoms with Gasteiger partial charge in [-0.25, -0.2) is 0 Å². The van der Waals surface area contributed by atoms with Crippen molar-refractivity contribution in [1.29, 1.82) is 0 Å². The smallest absolute Gasteiger partial charge is 0.236 e. The molecule has 4 nitrogen and oxygen atoms in total. The molecule has 5 heteroatoms. The number of hydrogen-bond acceptors (Lipinski definition) is 3. The molecule has 0 bridgehead atoms. The average Bonchev–Trinajstić information content (AvgIpc) is 2.34. The summed E-state index contributed by atoms with van der Waals surface area (Å²) >= 11 is 3.49. The molecule has 1 rings (SSSR count). The number of anilines is 1. The number of primary amides is 1. The Balaban J connectivity index is 2.97. The van der Waals surface area contributed by atoms with Crippen molar-refractivity contribution in [2.24, 2.45) is 5.73 Å². The van der Waals surface area contributed by atoms with Crippen LogP contribution in [-0.2, 0) is 4.79 Å². The predicted octanol–water partition coefficient (Wildman–Crippen LogP) is 2.59. The Morgan fingerprint density at radius 3 is 2.68 bits per heavy atom. The average molecular weight is 329 g/mol. The Bertz CT molecular complexity index is 435. The quantitative estimate of drug-likeness (QED) is 0.808. The first kappa shape index (κ1) is 16.0. The number of rotatable bonds is 7. The lowest BCUT2D eigenvalue weighted by Gasteiger charge is -2.25. The van der Waals surface area contributed by atoms with Crippen molar-refractivity contribution in [2.75, 3.05) is 18.0 Å². The predicted molar refractivity (Wildman–Crippen MR) is 81.1 cm³/mol. The summed E-state index contributed by atoms with van der Waals surface area (Å²) in [6, 6.07) is 5.65. The van der Waals surface area contributed by atoms with Crippen LogP contribution in [0.2, 0.25) is 0 Å². The Hall–Kier alpha value is -1.07. The standard InChI is InChI=1S/C14H21BrN2O2/c1-3-4-7-17(9-14(16)19)13-6-5-11(10(2)18)8-12(13)15/h5-6,8,10,18H,3-4,7,9H2,1-2H3,(H2,16,19)/t10-/m0/s1. The second-order valence-electron chi connectivity index (χ2n) is 4.63. The number of hydrogen-bond donors (Lipinski definition) is 2. The summed E-state index contributed by atoms with van der Waals surface area (Å²) in [4.78, 5) is 13.1. The first-order valence-corrected chi connectivity index (χ1v) is 7.25. The molecule has 0 saturated heterocycles. The van der Waals surface area contributed by atoms with Crippen molar-refractivity contribution in [3.8, 4) is 0 Å². The van der Waals surface area contributed by atoms with Crippen LogP contribution in [0.25, 0.3) is 0 Å². The molecule has 0 aliphatic heterocycles. The zero-order valence-electron chi connectivity index (χ0n) is 11.4. The molecule has 0 unspecified atom stereocenters. The van der Waals surface area contributed by atoms with Crippen LogP contribution in [-0.4, -0.2) is 24.1 Å². The first-order valence-electron chi connectivity index (χ1n) is 6.46. The summed E-state index contributed by atoms with van der Waals surface area (Å²) in [6.45, 7) is 4.81. The number of nitrogens with zero attached hydrogens (tertiary/aromatic N) is 1. The highest BCUT2D eigenvalue weighted by atomic mass is 79.9. The highest BCUT2D eigenvalue weighted by molar-refractivity contribution is 9.10. The fourth-order valence-corrected chi connectivity index (χ4v) is 2.51. The van der Waals surface area contributed by atoms with Gasteiger partial charge in [0.1, 0.15) is 0 Å². The van der Waals surface area contributed by atoms with Crippen molar-refractivity contribution >= 4 is 27.5 Å². The van der Waals surface area contributed by atoms with E-state index in [1.807, 2.05) is 23.1 Å². The van der Waals surface area contributed by atoms with Crippen molar-refractivity contribution in [3.63, 3.8) is 0 Å². The van der Waals surface area contributed by atoms with Gasteiger partial charge >= 0.3 is 0 Å². The van der Waals surface area contributed by atoms with Crippen LogP contribution < -0.4 is 10.6 Å². The van der Waals surface area contributed by atoms with Gasteiger partial charge in [-0.05, 0) is 47.0 Å². The van der Waals surface area contributed by atoms with Gasteiger partial charge in [0.25, 0.3) is 0 Å². The van der Waals surface area contributed by atoms with Crippen LogP contribution in [0, 0.1) is 0 Å². The molecule has 1 amide bonds. The summed E-state index contributed by atoms with van der Waals surface area (Å²) in [6.07, 6.45) is 1.54. The molecular formula is C14H21BrN2O2. The molecule has 1 aromatic carbocycles. The fourth-order valence-electron chi connectivity index (χ4n) is 1.86. The van der Waals surface area contributed by atoms with E-state index in [9.17, 15) is 9.90 Å². The monoisotopic (exact) mass is 328 g/mol. The maximum atomic E-state index is 11.2. The van der Waals surface area contributed by atoms with E-state index in [1.54, 1.807) is 6.92 Å². The van der Waals surface area contributed by atoms with Crippen LogP contribution in [0.4, 0.5) is 5.69 Å². The Morgan fingerprint density at radius 2 is 2.21 bits per heavy atom. The van der Waals surface area contributed by atoms with E-state index < -0.39 is 6.10 Å². The van der Waals surface area contributed by atoms with Gasteiger partial charge in [0, 0.05) is 11.0 Å². The van der Waals surface area contributed by atoms with Crippen LogP contribution in [0.3, 0.4) is 0 Å². The molecule has 0 radical (unpaired) electrons. The van der Waals surface area contributed by atoms with E-state index in [2.05, 4.69) is 22.9 Å². The SMILES string of the molecule is CCCCN(CC(N)=O)c1ccc([C@H](C)O)cc1Br. The first-order chi connectivity index (χ1) is 8.95. The Morgan fingerprint density at radius 1 is 1.53 bits per heavy atom. The maximum Gasteiger partial charge on any atom is 0.236 e. The zero-order valence-corrected chi connectivity index (χ0v) is 13.0. The Kier molecular flexibility index (Phi) is 6.31. The lowest BCUT2D eigenvalue weighted by Crippen LogP contribution is -2.34. The van der Waals surface area contributed by atoms with Crippen LogP contribution in [0.5, 0.6) is 0 Å². The third kappa shape index (κ3) is 4.84. The highest BCUT2D eigenvalue weighted by Crippen LogP contribution is 2.29. The molecule has 0 aliphatic rings. The topological polar surface area (TPSA) is 66.6 Å². The van der Waals surface area contributed by atoms with E-state index in [4.69, 9.17) is 5.73 Å². The fraction of sp³-hybridized carbons (Fsp3) is 0.500. The summed E-state index contributed by atoms with van der Waals surface area (Å²) in [5.74, 6) is -0.345. The summed E-state index contributed by atoms with van der Waals surface area (Å²) < 4.78 is 0.864. The third-order valence-corrected chi connectivity index (χ3v) is 3.56. The minimum atomic E-state index is -0.509. The summed E-state index contributed by atoms with van der Waals surface area (Å²) in [5, 5.41) is 9.56. The third-order valence-electron chi connectivity index (χ3n) is 2.92. The van der Waals surface area contributed by atoms with Crippen LogP contribution in [0.1, 0.15) is 38.4 Å². The number of carbonyl (C=O) groups is 1. The van der Waals surface area contributed by atoms with Gasteiger partial charge in [0.2, 0.25) is 5.91 Å². The number of aliphatic hydroxyl groups excluding tert-OH is 1. The largest absolute Gasteiger partial charge is 0.389 e. The lowest BCUT2D eigenvalue weighted by atomic mass is 10.1. The number of unbranched alkanes of at least 4 members (excludes halogenated alkanes) is 1. The number of halogens is 1. The molecule has 0 spiro atoms. The van der Waals surface area contributed by atoms with E-state index in [-0.39, 0.29) is 12.5 Å². The van der Waals surface area contributed by atoms with Gasteiger partial charge in [-0.15, -0.1) is 0 Å². The molecule has 1 atom stereocenters. The van der Waals surface area contributed by atoms with E-state index in [1.165, 1.54) is 0 Å². The molecule has 1 aromatic rings. The summed E-state index contributed by atoms with van der Waals surface area (Å²) in [7, 11) is 0. The zero-order chi connectivity index (χ0) is 14.4. The molecule has 0 fully saturated rings. The Labute approximate surface area is 122 Å². The molecule has 0 saturated carbocycles. The highest BCUT2D eigenvalue weighted by Gasteiger charge is 2.13. The number of amides is 1. The molecule has 0 aliphatic carbocycles. The van der Waals surface area contributed by atoms with Crippen molar-refractivity contribution in [3.05, 3.63) is 28.2 Å². The number of carbonyl (C=O) groups excluding carboxylic acids is 1. The number of benzene rings is 1. The van der Waals surface area contributed by atoms with Crippen molar-refractivity contribution in [2.45, 2.75) is 32.8 Å². The molecule has 19 heavy (non-hydrogen) atoms. The number of nitrogens with two attached hydrogens (primary N) is 1. The minimum Gasteiger partial charge on any atom is -0.389 e. The van der Waals surface area contributed by atoms with Crippen molar-refractivity contribution in [1.82, 2.24) is 0 Å². The summed E-state index contributed by atoms with van der Waals surface area (Å²) in [5.41, 5.74) is 7.06.